The topological polar surface area (TPSA) is 43.4 Å². The second-order valence-corrected chi connectivity index (χ2v) is 7.05. The lowest BCUT2D eigenvalue weighted by Crippen LogP contribution is -2.00. The van der Waals surface area contributed by atoms with Crippen LogP contribution in [0.1, 0.15) is 16.8 Å². The van der Waals surface area contributed by atoms with E-state index in [4.69, 9.17) is 3.97 Å². The lowest BCUT2D eigenvalue weighted by molar-refractivity contribution is 0.519. The lowest BCUT2D eigenvalue weighted by atomic mass is 10.0. The van der Waals surface area contributed by atoms with Gasteiger partial charge in [-0.15, -0.1) is 0 Å². The third kappa shape index (κ3) is 4.43. The predicted molar refractivity (Wildman–Crippen MR) is 79.0 cm³/mol. The minimum atomic E-state index is -3.42. The van der Waals surface area contributed by atoms with Gasteiger partial charge in [0.1, 0.15) is 0 Å². The first kappa shape index (κ1) is 14.2. The van der Waals surface area contributed by atoms with E-state index in [1.54, 1.807) is 0 Å². The Morgan fingerprint density at radius 2 is 1.32 bits per heavy atom. The van der Waals surface area contributed by atoms with Crippen molar-refractivity contribution in [3.05, 3.63) is 71.8 Å². The molecule has 2 rings (SSSR count). The fourth-order valence-electron chi connectivity index (χ4n) is 1.76. The highest BCUT2D eigenvalue weighted by Crippen LogP contribution is 2.41. The Hall–Kier alpha value is -1.22. The number of rotatable bonds is 5. The molecule has 1 unspecified atom stereocenters. The van der Waals surface area contributed by atoms with E-state index in [-0.39, 0.29) is 14.5 Å². The SMILES string of the molecule is CS(=O)(=O)OPC(c1ccccc1)c1ccccc1. The van der Waals surface area contributed by atoms with Crippen molar-refractivity contribution in [1.29, 1.82) is 0 Å². The van der Waals surface area contributed by atoms with Gasteiger partial charge < -0.3 is 0 Å². The van der Waals surface area contributed by atoms with Gasteiger partial charge in [-0.05, 0) is 11.1 Å². The number of hydrogen-bond donors (Lipinski definition) is 0. The summed E-state index contributed by atoms with van der Waals surface area (Å²) in [6.45, 7) is 0. The molecule has 2 aromatic carbocycles. The maximum Gasteiger partial charge on any atom is 0.267 e. The van der Waals surface area contributed by atoms with Gasteiger partial charge in [-0.2, -0.15) is 8.42 Å². The van der Waals surface area contributed by atoms with Gasteiger partial charge in [-0.1, -0.05) is 60.7 Å². The standard InChI is InChI=1S/C14H15O3PS/c1-19(15,16)17-18-14(12-8-4-2-5-9-12)13-10-6-3-7-11-13/h2-11,14,18H,1H3. The summed E-state index contributed by atoms with van der Waals surface area (Å²) in [4.78, 5) is 0. The zero-order chi connectivity index (χ0) is 13.7. The molecule has 0 saturated carbocycles. The maximum absolute atomic E-state index is 11.2. The molecule has 0 radical (unpaired) electrons. The third-order valence-corrected chi connectivity index (χ3v) is 5.08. The zero-order valence-corrected chi connectivity index (χ0v) is 12.3. The Labute approximate surface area is 115 Å². The molecule has 0 bridgehead atoms. The largest absolute Gasteiger partial charge is 0.267 e. The van der Waals surface area contributed by atoms with Gasteiger partial charge in [0.05, 0.1) is 11.9 Å². The second-order valence-electron chi connectivity index (χ2n) is 4.16. The van der Waals surface area contributed by atoms with Gasteiger partial charge >= 0.3 is 0 Å². The summed E-state index contributed by atoms with van der Waals surface area (Å²) in [5, 5.41) is 0. The molecule has 1 atom stereocenters. The molecule has 0 spiro atoms. The van der Waals surface area contributed by atoms with Gasteiger partial charge in [0.2, 0.25) is 0 Å². The summed E-state index contributed by atoms with van der Waals surface area (Å²) in [6, 6.07) is 19.6. The Balaban J connectivity index is 2.29. The Morgan fingerprint density at radius 1 is 0.895 bits per heavy atom. The molecule has 100 valence electrons. The monoisotopic (exact) mass is 294 g/mol. The van der Waals surface area contributed by atoms with Crippen LogP contribution in [-0.4, -0.2) is 14.7 Å². The normalized spacial score (nSPS) is 12.3. The second kappa shape index (κ2) is 6.29. The molecule has 2 aromatic rings. The van der Waals surface area contributed by atoms with E-state index in [0.717, 1.165) is 17.4 Å². The fourth-order valence-corrected chi connectivity index (χ4v) is 3.50. The van der Waals surface area contributed by atoms with Gasteiger partial charge in [-0.25, -0.2) is 0 Å². The van der Waals surface area contributed by atoms with E-state index in [2.05, 4.69) is 0 Å². The minimum absolute atomic E-state index is 0.0582. The zero-order valence-electron chi connectivity index (χ0n) is 10.5. The van der Waals surface area contributed by atoms with E-state index in [1.165, 1.54) is 0 Å². The average Bonchev–Trinajstić information content (AvgIpc) is 2.40. The van der Waals surface area contributed by atoms with E-state index in [0.29, 0.717) is 0 Å². The van der Waals surface area contributed by atoms with Crippen molar-refractivity contribution in [2.75, 3.05) is 6.26 Å². The molecule has 0 heterocycles. The molecule has 0 aliphatic carbocycles. The number of benzene rings is 2. The van der Waals surface area contributed by atoms with Crippen LogP contribution in [-0.2, 0) is 14.1 Å². The average molecular weight is 294 g/mol. The van der Waals surface area contributed by atoms with Crippen molar-refractivity contribution in [2.45, 2.75) is 5.66 Å². The summed E-state index contributed by atoms with van der Waals surface area (Å²) in [7, 11) is -3.58. The van der Waals surface area contributed by atoms with Gasteiger partial charge in [0.25, 0.3) is 10.1 Å². The van der Waals surface area contributed by atoms with Crippen LogP contribution < -0.4 is 0 Å². The first-order valence-electron chi connectivity index (χ1n) is 5.80. The molecule has 0 fully saturated rings. The van der Waals surface area contributed by atoms with E-state index in [1.807, 2.05) is 60.7 Å². The van der Waals surface area contributed by atoms with Crippen LogP contribution in [0.5, 0.6) is 0 Å². The van der Waals surface area contributed by atoms with Crippen molar-refractivity contribution in [1.82, 2.24) is 0 Å². The fraction of sp³-hybridized carbons (Fsp3) is 0.143. The third-order valence-electron chi connectivity index (χ3n) is 2.58. The van der Waals surface area contributed by atoms with Crippen LogP contribution in [0.3, 0.4) is 0 Å². The quantitative estimate of drug-likeness (QED) is 0.794. The van der Waals surface area contributed by atoms with Gasteiger partial charge in [0, 0.05) is 8.81 Å². The molecule has 19 heavy (non-hydrogen) atoms. The van der Waals surface area contributed by atoms with Crippen LogP contribution in [0.25, 0.3) is 0 Å². The first-order chi connectivity index (χ1) is 9.06. The first-order valence-corrected chi connectivity index (χ1v) is 8.60. The summed E-state index contributed by atoms with van der Waals surface area (Å²) in [6.07, 6.45) is 1.08. The Bertz CT molecular complexity index is 572. The summed E-state index contributed by atoms with van der Waals surface area (Å²) >= 11 is 0. The summed E-state index contributed by atoms with van der Waals surface area (Å²) in [5.41, 5.74) is 2.04. The van der Waals surface area contributed by atoms with Crippen LogP contribution in [0.15, 0.2) is 60.7 Å². The molecular formula is C14H15O3PS. The van der Waals surface area contributed by atoms with Crippen molar-refractivity contribution < 1.29 is 12.4 Å². The Morgan fingerprint density at radius 3 is 1.68 bits per heavy atom. The predicted octanol–water partition coefficient (Wildman–Crippen LogP) is 3.35. The molecule has 0 amide bonds. The van der Waals surface area contributed by atoms with Crippen LogP contribution in [0.2, 0.25) is 0 Å². The molecular weight excluding hydrogens is 279 g/mol. The molecule has 3 nitrogen and oxygen atoms in total. The summed E-state index contributed by atoms with van der Waals surface area (Å²) < 4.78 is 27.4. The maximum atomic E-state index is 11.2. The van der Waals surface area contributed by atoms with Crippen molar-refractivity contribution >= 4 is 18.9 Å². The highest BCUT2D eigenvalue weighted by atomic mass is 32.2. The summed E-state index contributed by atoms with van der Waals surface area (Å²) in [5.74, 6) is 0. The van der Waals surface area contributed by atoms with Crippen LogP contribution in [0.4, 0.5) is 0 Å². The highest BCUT2D eigenvalue weighted by Gasteiger charge is 2.16. The molecule has 0 aromatic heterocycles. The minimum Gasteiger partial charge on any atom is -0.250 e. The Kier molecular flexibility index (Phi) is 4.70. The molecule has 5 heteroatoms. The van der Waals surface area contributed by atoms with E-state index >= 15 is 0 Å². The van der Waals surface area contributed by atoms with Gasteiger partial charge in [0.15, 0.2) is 0 Å². The van der Waals surface area contributed by atoms with Crippen molar-refractivity contribution in [3.63, 3.8) is 0 Å². The molecule has 0 aliphatic heterocycles. The van der Waals surface area contributed by atoms with Crippen molar-refractivity contribution in [3.8, 4) is 0 Å². The van der Waals surface area contributed by atoms with Crippen LogP contribution >= 0.6 is 8.81 Å². The van der Waals surface area contributed by atoms with Gasteiger partial charge in [-0.3, -0.25) is 3.97 Å². The van der Waals surface area contributed by atoms with Crippen LogP contribution in [0, 0.1) is 0 Å². The molecule has 0 aliphatic rings. The van der Waals surface area contributed by atoms with Crippen molar-refractivity contribution in [2.24, 2.45) is 0 Å². The number of hydrogen-bond acceptors (Lipinski definition) is 3. The molecule has 0 N–H and O–H groups in total. The smallest absolute Gasteiger partial charge is 0.250 e. The molecule has 0 saturated heterocycles. The van der Waals surface area contributed by atoms with E-state index < -0.39 is 10.1 Å². The highest BCUT2D eigenvalue weighted by molar-refractivity contribution is 7.88. The van der Waals surface area contributed by atoms with E-state index in [9.17, 15) is 8.42 Å². The lowest BCUT2D eigenvalue weighted by Gasteiger charge is -2.16.